The van der Waals surface area contributed by atoms with Gasteiger partial charge < -0.3 is 24.6 Å². The van der Waals surface area contributed by atoms with Gasteiger partial charge in [0.1, 0.15) is 12.0 Å². The van der Waals surface area contributed by atoms with E-state index in [0.29, 0.717) is 36.7 Å². The first-order valence-electron chi connectivity index (χ1n) is 15.5. The van der Waals surface area contributed by atoms with E-state index in [0.717, 1.165) is 31.2 Å². The molecular formula is C34H48N2O7. The van der Waals surface area contributed by atoms with Crippen LogP contribution in [0.3, 0.4) is 0 Å². The van der Waals surface area contributed by atoms with Crippen LogP contribution in [0.15, 0.2) is 48.5 Å². The summed E-state index contributed by atoms with van der Waals surface area (Å²) in [7, 11) is 4.93. The lowest BCUT2D eigenvalue weighted by Gasteiger charge is -2.40. The quantitative estimate of drug-likeness (QED) is 0.226. The first kappa shape index (κ1) is 33.9. The van der Waals surface area contributed by atoms with Crippen molar-refractivity contribution in [3.05, 3.63) is 59.7 Å². The highest BCUT2D eigenvalue weighted by Gasteiger charge is 2.51. The number of hydrogen-bond acceptors (Lipinski definition) is 8. The number of hydrogen-bond donors (Lipinski definition) is 2. The number of aromatic hydroxyl groups is 1. The van der Waals surface area contributed by atoms with Gasteiger partial charge in [0, 0.05) is 31.5 Å². The Kier molecular flexibility index (Phi) is 13.8. The highest BCUT2D eigenvalue weighted by atomic mass is 16.6. The molecule has 0 aliphatic carbocycles. The van der Waals surface area contributed by atoms with Gasteiger partial charge in [0.25, 0.3) is 0 Å². The number of esters is 2. The Balaban J connectivity index is 0.000000236. The zero-order valence-electron chi connectivity index (χ0n) is 26.1. The lowest BCUT2D eigenvalue weighted by Crippen LogP contribution is -2.53. The maximum Gasteiger partial charge on any atom is 0.338 e. The second-order valence-corrected chi connectivity index (χ2v) is 11.4. The number of phenols is 1. The molecule has 2 saturated heterocycles. The fourth-order valence-corrected chi connectivity index (χ4v) is 5.95. The highest BCUT2D eigenvalue weighted by molar-refractivity contribution is 5.89. The smallest absolute Gasteiger partial charge is 0.338 e. The topological polar surface area (TPSA) is 114 Å². The van der Waals surface area contributed by atoms with Crippen LogP contribution in [-0.2, 0) is 25.6 Å². The van der Waals surface area contributed by atoms with Crippen molar-refractivity contribution < 1.29 is 33.7 Å². The van der Waals surface area contributed by atoms with Crippen LogP contribution in [0.4, 0.5) is 0 Å². The molecule has 0 unspecified atom stereocenters. The lowest BCUT2D eigenvalue weighted by molar-refractivity contribution is -0.156. The number of methoxy groups -OCH3 is 2. The van der Waals surface area contributed by atoms with Crippen molar-refractivity contribution in [2.45, 2.75) is 95.9 Å². The number of rotatable bonds is 13. The first-order valence-corrected chi connectivity index (χ1v) is 15.5. The molecule has 2 aromatic rings. The van der Waals surface area contributed by atoms with Gasteiger partial charge in [0.15, 0.2) is 11.5 Å². The van der Waals surface area contributed by atoms with Gasteiger partial charge in [0.05, 0.1) is 19.8 Å². The van der Waals surface area contributed by atoms with Crippen molar-refractivity contribution in [2.75, 3.05) is 21.3 Å². The first-order chi connectivity index (χ1) is 20.8. The van der Waals surface area contributed by atoms with Crippen molar-refractivity contribution in [3.63, 3.8) is 0 Å². The maximum absolute atomic E-state index is 12.3. The third kappa shape index (κ3) is 9.99. The summed E-state index contributed by atoms with van der Waals surface area (Å²) in [6, 6.07) is 14.5. The summed E-state index contributed by atoms with van der Waals surface area (Å²) >= 11 is 0. The minimum absolute atomic E-state index is 0.0810. The van der Waals surface area contributed by atoms with E-state index in [1.807, 2.05) is 13.1 Å². The average molecular weight is 597 g/mol. The fraction of sp³-hybridized carbons (Fsp3) is 0.559. The van der Waals surface area contributed by atoms with Gasteiger partial charge in [-0.25, -0.2) is 4.79 Å². The molecular weight excluding hydrogens is 548 g/mol. The van der Waals surface area contributed by atoms with Crippen LogP contribution in [0.1, 0.15) is 87.1 Å². The van der Waals surface area contributed by atoms with E-state index in [1.165, 1.54) is 39.9 Å². The average Bonchev–Trinajstić information content (AvgIpc) is 3.25. The molecule has 43 heavy (non-hydrogen) atoms. The van der Waals surface area contributed by atoms with E-state index in [-0.39, 0.29) is 29.6 Å². The number of phenolic OH excluding ortho intramolecular Hbond substituents is 1. The maximum atomic E-state index is 12.3. The number of ether oxygens (including phenoxy) is 3. The summed E-state index contributed by atoms with van der Waals surface area (Å²) in [5.41, 5.74) is 1.43. The monoisotopic (exact) mass is 596 g/mol. The third-order valence-corrected chi connectivity index (χ3v) is 8.45. The Morgan fingerprint density at radius 3 is 2.40 bits per heavy atom. The van der Waals surface area contributed by atoms with Crippen molar-refractivity contribution in [1.82, 2.24) is 10.2 Å². The summed E-state index contributed by atoms with van der Waals surface area (Å²) in [4.78, 5) is 38.5. The standard InChI is InChI=1S/C17H21NO4.C17H27NO3/c1-18-12-8-9-13(18)15(17(20)21-2)14(10-12)22-16(19)11-6-4-3-5-7-11;1-3-4-5-6-7-8-9-17(20)18-13-14-10-11-15(19)16(12-14)21-2/h3-7,12-15H,8-10H2,1-2H3;10-12,19H,3-9,13H2,1-2H3,(H,18,20)/t12-,13+,14-,15-;/m0./s1. The largest absolute Gasteiger partial charge is 0.504 e. The molecule has 2 aliphatic heterocycles. The van der Waals surface area contributed by atoms with Gasteiger partial charge in [-0.3, -0.25) is 14.5 Å². The van der Waals surface area contributed by atoms with Crippen LogP contribution in [0.5, 0.6) is 11.5 Å². The molecule has 4 atom stereocenters. The zero-order chi connectivity index (χ0) is 31.2. The molecule has 4 rings (SSSR count). The summed E-state index contributed by atoms with van der Waals surface area (Å²) in [6.45, 7) is 2.66. The highest BCUT2D eigenvalue weighted by Crippen LogP contribution is 2.40. The molecule has 236 valence electrons. The number of unbranched alkanes of at least 4 members (excludes halogenated alkanes) is 5. The molecule has 0 spiro atoms. The Hall–Kier alpha value is -3.59. The molecule has 2 aromatic carbocycles. The van der Waals surface area contributed by atoms with Crippen LogP contribution in [0.2, 0.25) is 0 Å². The predicted octanol–water partition coefficient (Wildman–Crippen LogP) is 5.64. The van der Waals surface area contributed by atoms with Gasteiger partial charge >= 0.3 is 11.9 Å². The van der Waals surface area contributed by atoms with E-state index < -0.39 is 12.0 Å². The molecule has 9 heteroatoms. The summed E-state index contributed by atoms with van der Waals surface area (Å²) in [6.07, 6.45) is 9.94. The third-order valence-electron chi connectivity index (χ3n) is 8.45. The zero-order valence-corrected chi connectivity index (χ0v) is 26.1. The number of piperidine rings is 1. The molecule has 2 bridgehead atoms. The van der Waals surface area contributed by atoms with Crippen molar-refractivity contribution in [3.8, 4) is 11.5 Å². The minimum Gasteiger partial charge on any atom is -0.504 e. The van der Waals surface area contributed by atoms with E-state index in [2.05, 4.69) is 17.1 Å². The lowest BCUT2D eigenvalue weighted by atomic mass is 9.87. The van der Waals surface area contributed by atoms with Crippen LogP contribution in [-0.4, -0.2) is 67.3 Å². The van der Waals surface area contributed by atoms with E-state index in [1.54, 1.807) is 42.5 Å². The Morgan fingerprint density at radius 1 is 0.977 bits per heavy atom. The number of carbonyl (C=O) groups is 3. The number of carbonyl (C=O) groups excluding carboxylic acids is 3. The van der Waals surface area contributed by atoms with Crippen LogP contribution in [0, 0.1) is 5.92 Å². The number of benzene rings is 2. The van der Waals surface area contributed by atoms with Gasteiger partial charge in [-0.05, 0) is 56.1 Å². The van der Waals surface area contributed by atoms with E-state index in [9.17, 15) is 19.5 Å². The number of amides is 1. The molecule has 0 radical (unpaired) electrons. The van der Waals surface area contributed by atoms with Gasteiger partial charge in [0.2, 0.25) is 5.91 Å². The van der Waals surface area contributed by atoms with E-state index >= 15 is 0 Å². The summed E-state index contributed by atoms with van der Waals surface area (Å²) in [5, 5.41) is 12.4. The van der Waals surface area contributed by atoms with Gasteiger partial charge in [-0.1, -0.05) is 63.3 Å². The fourth-order valence-electron chi connectivity index (χ4n) is 5.95. The number of fused-ring (bicyclic) bond motifs is 2. The molecule has 2 heterocycles. The minimum atomic E-state index is -0.408. The van der Waals surface area contributed by atoms with Crippen molar-refractivity contribution in [2.24, 2.45) is 5.92 Å². The number of nitrogens with one attached hydrogen (secondary N) is 1. The molecule has 2 N–H and O–H groups in total. The van der Waals surface area contributed by atoms with Crippen molar-refractivity contribution in [1.29, 1.82) is 0 Å². The predicted molar refractivity (Wildman–Crippen MR) is 165 cm³/mol. The van der Waals surface area contributed by atoms with Crippen LogP contribution < -0.4 is 10.1 Å². The number of nitrogens with zero attached hydrogens (tertiary/aromatic N) is 1. The summed E-state index contributed by atoms with van der Waals surface area (Å²) in [5.74, 6) is -0.442. The summed E-state index contributed by atoms with van der Waals surface area (Å²) < 4.78 is 15.7. The molecule has 0 aromatic heterocycles. The SMILES string of the molecule is CCCCCCCCC(=O)NCc1ccc(O)c(OC)c1.COC(=O)[C@@H]1[C@@H](OC(=O)c2ccccc2)C[C@@H]2CC[C@H]1N2C. The second kappa shape index (κ2) is 17.5. The Labute approximate surface area is 255 Å². The van der Waals surface area contributed by atoms with Gasteiger partial charge in [-0.15, -0.1) is 0 Å². The second-order valence-electron chi connectivity index (χ2n) is 11.4. The Bertz CT molecular complexity index is 1170. The molecule has 0 saturated carbocycles. The molecule has 1 amide bonds. The molecule has 2 aliphatic rings. The Morgan fingerprint density at radius 2 is 1.70 bits per heavy atom. The normalized spacial score (nSPS) is 20.8. The van der Waals surface area contributed by atoms with Gasteiger partial charge in [-0.2, -0.15) is 0 Å². The van der Waals surface area contributed by atoms with Crippen LogP contribution >= 0.6 is 0 Å². The van der Waals surface area contributed by atoms with Crippen molar-refractivity contribution >= 4 is 17.8 Å². The molecule has 2 fully saturated rings. The van der Waals surface area contributed by atoms with E-state index in [4.69, 9.17) is 14.2 Å². The van der Waals surface area contributed by atoms with Crippen LogP contribution in [0.25, 0.3) is 0 Å². The molecule has 9 nitrogen and oxygen atoms in total.